The van der Waals surface area contributed by atoms with Gasteiger partial charge in [-0.05, 0) is 47.8 Å². The van der Waals surface area contributed by atoms with E-state index < -0.39 is 0 Å². The molecule has 4 rings (SSSR count). The Balaban J connectivity index is 1.42. The van der Waals surface area contributed by atoms with Gasteiger partial charge in [-0.2, -0.15) is 0 Å². The van der Waals surface area contributed by atoms with E-state index in [4.69, 9.17) is 9.47 Å². The van der Waals surface area contributed by atoms with E-state index in [1.807, 2.05) is 0 Å². The number of fused-ring (bicyclic) bond motifs is 1. The zero-order valence-corrected chi connectivity index (χ0v) is 12.7. The van der Waals surface area contributed by atoms with E-state index in [1.54, 1.807) is 0 Å². The molecule has 1 atom stereocenters. The van der Waals surface area contributed by atoms with E-state index in [-0.39, 0.29) is 0 Å². The lowest BCUT2D eigenvalue weighted by molar-refractivity contribution is 0.00415. The molecule has 1 aromatic rings. The summed E-state index contributed by atoms with van der Waals surface area (Å²) in [7, 11) is 0. The fourth-order valence-electron chi connectivity index (χ4n) is 4.41. The minimum Gasteiger partial charge on any atom is -0.381 e. The molecule has 2 fully saturated rings. The maximum absolute atomic E-state index is 5.58. The summed E-state index contributed by atoms with van der Waals surface area (Å²) >= 11 is 0. The van der Waals surface area contributed by atoms with E-state index in [1.165, 1.54) is 48.8 Å². The number of hydrogen-bond donors (Lipinski definition) is 1. The Morgan fingerprint density at radius 2 is 1.90 bits per heavy atom. The van der Waals surface area contributed by atoms with Crippen molar-refractivity contribution in [2.24, 2.45) is 5.41 Å². The highest BCUT2D eigenvalue weighted by molar-refractivity contribution is 5.33. The second kappa shape index (κ2) is 5.71. The fraction of sp³-hybridized carbons (Fsp3) is 0.667. The van der Waals surface area contributed by atoms with E-state index in [9.17, 15) is 0 Å². The van der Waals surface area contributed by atoms with E-state index in [0.29, 0.717) is 11.5 Å². The summed E-state index contributed by atoms with van der Waals surface area (Å²) in [6.07, 6.45) is 6.56. The molecule has 114 valence electrons. The second-order valence-electron chi connectivity index (χ2n) is 6.90. The van der Waals surface area contributed by atoms with Crippen LogP contribution in [0.4, 0.5) is 0 Å². The SMILES string of the molecule is c1cc2c(cc1CN[C@@H]1CCCC13CCOCC3)COC2. The predicted molar refractivity (Wildman–Crippen MR) is 81.9 cm³/mol. The van der Waals surface area contributed by atoms with Crippen LogP contribution in [0.3, 0.4) is 0 Å². The Bertz CT molecular complexity index is 508. The molecule has 1 N–H and O–H groups in total. The van der Waals surface area contributed by atoms with Gasteiger partial charge in [0.25, 0.3) is 0 Å². The normalized spacial score (nSPS) is 27.1. The van der Waals surface area contributed by atoms with Crippen LogP contribution in [0.2, 0.25) is 0 Å². The maximum Gasteiger partial charge on any atom is 0.0725 e. The summed E-state index contributed by atoms with van der Waals surface area (Å²) in [4.78, 5) is 0. The molecular formula is C18H25NO2. The zero-order valence-electron chi connectivity index (χ0n) is 12.7. The van der Waals surface area contributed by atoms with Crippen molar-refractivity contribution in [3.63, 3.8) is 0 Å². The second-order valence-corrected chi connectivity index (χ2v) is 6.90. The Morgan fingerprint density at radius 3 is 2.81 bits per heavy atom. The molecule has 1 spiro atoms. The third-order valence-corrected chi connectivity index (χ3v) is 5.73. The minimum absolute atomic E-state index is 0.512. The van der Waals surface area contributed by atoms with Gasteiger partial charge in [-0.25, -0.2) is 0 Å². The number of hydrogen-bond acceptors (Lipinski definition) is 3. The molecule has 0 unspecified atom stereocenters. The van der Waals surface area contributed by atoms with Crippen molar-refractivity contribution < 1.29 is 9.47 Å². The van der Waals surface area contributed by atoms with E-state index in [2.05, 4.69) is 23.5 Å². The third-order valence-electron chi connectivity index (χ3n) is 5.73. The Labute approximate surface area is 127 Å². The standard InChI is InChI=1S/C18H25NO2/c1-2-17(18(5-1)6-8-20-9-7-18)19-11-14-3-4-15-12-21-13-16(15)10-14/h3-4,10,17,19H,1-2,5-9,11-13H2/t17-/m1/s1. The molecule has 1 aliphatic carbocycles. The van der Waals surface area contributed by atoms with Crippen molar-refractivity contribution in [3.8, 4) is 0 Å². The first-order valence-electron chi connectivity index (χ1n) is 8.35. The van der Waals surface area contributed by atoms with Crippen LogP contribution in [0.1, 0.15) is 48.8 Å². The topological polar surface area (TPSA) is 30.5 Å². The Morgan fingerprint density at radius 1 is 1.05 bits per heavy atom. The summed E-state index contributed by atoms with van der Waals surface area (Å²) in [6.45, 7) is 4.46. The highest BCUT2D eigenvalue weighted by atomic mass is 16.5. The highest BCUT2D eigenvalue weighted by Crippen LogP contribution is 2.46. The molecule has 1 saturated heterocycles. The van der Waals surface area contributed by atoms with Crippen LogP contribution >= 0.6 is 0 Å². The van der Waals surface area contributed by atoms with Crippen LogP contribution in [-0.4, -0.2) is 19.3 Å². The van der Waals surface area contributed by atoms with Gasteiger partial charge < -0.3 is 14.8 Å². The molecule has 0 bridgehead atoms. The maximum atomic E-state index is 5.58. The van der Waals surface area contributed by atoms with Gasteiger partial charge in [0.15, 0.2) is 0 Å². The first-order valence-corrected chi connectivity index (χ1v) is 8.35. The number of ether oxygens (including phenoxy) is 2. The van der Waals surface area contributed by atoms with E-state index >= 15 is 0 Å². The first kappa shape index (κ1) is 13.7. The first-order chi connectivity index (χ1) is 10.4. The minimum atomic E-state index is 0.512. The average molecular weight is 287 g/mol. The Hall–Kier alpha value is -0.900. The average Bonchev–Trinajstić information content (AvgIpc) is 3.13. The van der Waals surface area contributed by atoms with Crippen molar-refractivity contribution in [1.29, 1.82) is 0 Å². The Kier molecular flexibility index (Phi) is 3.74. The lowest BCUT2D eigenvalue weighted by Crippen LogP contribution is -2.44. The molecule has 2 heterocycles. The summed E-state index contributed by atoms with van der Waals surface area (Å²) in [5.41, 5.74) is 4.65. The van der Waals surface area contributed by atoms with Gasteiger partial charge >= 0.3 is 0 Å². The van der Waals surface area contributed by atoms with Crippen molar-refractivity contribution in [1.82, 2.24) is 5.32 Å². The lowest BCUT2D eigenvalue weighted by Gasteiger charge is -2.39. The van der Waals surface area contributed by atoms with Crippen LogP contribution in [0, 0.1) is 5.41 Å². The number of nitrogens with one attached hydrogen (secondary N) is 1. The molecule has 1 saturated carbocycles. The van der Waals surface area contributed by atoms with Crippen molar-refractivity contribution >= 4 is 0 Å². The zero-order chi connectivity index (χ0) is 14.1. The van der Waals surface area contributed by atoms with Crippen LogP contribution in [0.15, 0.2) is 18.2 Å². The summed E-state index contributed by atoms with van der Waals surface area (Å²) < 4.78 is 11.1. The number of benzene rings is 1. The highest BCUT2D eigenvalue weighted by Gasteiger charge is 2.43. The predicted octanol–water partition coefficient (Wildman–Crippen LogP) is 3.16. The molecular weight excluding hydrogens is 262 g/mol. The molecule has 1 aromatic carbocycles. The van der Waals surface area contributed by atoms with E-state index in [0.717, 1.165) is 33.0 Å². The van der Waals surface area contributed by atoms with Gasteiger partial charge in [-0.15, -0.1) is 0 Å². The third kappa shape index (κ3) is 2.63. The van der Waals surface area contributed by atoms with Gasteiger partial charge in [0.2, 0.25) is 0 Å². The van der Waals surface area contributed by atoms with Crippen molar-refractivity contribution in [3.05, 3.63) is 34.9 Å². The largest absolute Gasteiger partial charge is 0.381 e. The quantitative estimate of drug-likeness (QED) is 0.926. The molecule has 0 radical (unpaired) electrons. The van der Waals surface area contributed by atoms with Gasteiger partial charge in [-0.3, -0.25) is 0 Å². The molecule has 3 aliphatic rings. The molecule has 3 nitrogen and oxygen atoms in total. The molecule has 0 aromatic heterocycles. The molecule has 2 aliphatic heterocycles. The van der Waals surface area contributed by atoms with Crippen molar-refractivity contribution in [2.75, 3.05) is 13.2 Å². The molecule has 21 heavy (non-hydrogen) atoms. The molecule has 3 heteroatoms. The fourth-order valence-corrected chi connectivity index (χ4v) is 4.41. The smallest absolute Gasteiger partial charge is 0.0725 e. The summed E-state index contributed by atoms with van der Waals surface area (Å²) in [5, 5.41) is 3.85. The number of rotatable bonds is 3. The summed E-state index contributed by atoms with van der Waals surface area (Å²) in [5.74, 6) is 0. The van der Waals surface area contributed by atoms with Gasteiger partial charge in [0, 0.05) is 25.8 Å². The van der Waals surface area contributed by atoms with Gasteiger partial charge in [0.05, 0.1) is 13.2 Å². The monoisotopic (exact) mass is 287 g/mol. The van der Waals surface area contributed by atoms with Crippen LogP contribution in [-0.2, 0) is 29.2 Å². The van der Waals surface area contributed by atoms with Crippen LogP contribution < -0.4 is 5.32 Å². The van der Waals surface area contributed by atoms with Crippen LogP contribution in [0.25, 0.3) is 0 Å². The summed E-state index contributed by atoms with van der Waals surface area (Å²) in [6, 6.07) is 7.48. The van der Waals surface area contributed by atoms with Gasteiger partial charge in [0.1, 0.15) is 0 Å². The van der Waals surface area contributed by atoms with Crippen LogP contribution in [0.5, 0.6) is 0 Å². The lowest BCUT2D eigenvalue weighted by atomic mass is 9.75. The van der Waals surface area contributed by atoms with Gasteiger partial charge in [-0.1, -0.05) is 24.6 Å². The van der Waals surface area contributed by atoms with Crippen molar-refractivity contribution in [2.45, 2.75) is 57.9 Å². The molecule has 0 amide bonds.